The molecule has 128 valence electrons. The van der Waals surface area contributed by atoms with Gasteiger partial charge in [-0.15, -0.1) is 5.53 Å². The Balaban J connectivity index is 1.46. The predicted octanol–water partition coefficient (Wildman–Crippen LogP) is 2.78. The van der Waals surface area contributed by atoms with Gasteiger partial charge in [-0.2, -0.15) is 0 Å². The fourth-order valence-corrected chi connectivity index (χ4v) is 2.95. The minimum atomic E-state index is -0.275. The number of nitrogens with one attached hydrogen (secondary N) is 2. The summed E-state index contributed by atoms with van der Waals surface area (Å²) in [4.78, 5) is 13.3. The van der Waals surface area contributed by atoms with Crippen LogP contribution < -0.4 is 16.0 Å². The van der Waals surface area contributed by atoms with Gasteiger partial charge in [0, 0.05) is 24.2 Å². The SMILES string of the molecule is Fc1ccc(-c2cnc3c(n2)N(Cc2ccc4nccn4c2)NN3)cc1. The van der Waals surface area contributed by atoms with E-state index < -0.39 is 0 Å². The molecular weight excluding hydrogens is 333 g/mol. The molecule has 0 spiro atoms. The van der Waals surface area contributed by atoms with E-state index in [1.165, 1.54) is 12.1 Å². The van der Waals surface area contributed by atoms with Crippen molar-refractivity contribution in [3.05, 3.63) is 72.6 Å². The lowest BCUT2D eigenvalue weighted by Gasteiger charge is -2.17. The fraction of sp³-hybridized carbons (Fsp3) is 0.0556. The van der Waals surface area contributed by atoms with Crippen LogP contribution in [0.15, 0.2) is 61.2 Å². The van der Waals surface area contributed by atoms with Crippen LogP contribution >= 0.6 is 0 Å². The van der Waals surface area contributed by atoms with Crippen molar-refractivity contribution in [2.24, 2.45) is 0 Å². The molecule has 5 rings (SSSR count). The summed E-state index contributed by atoms with van der Waals surface area (Å²) in [7, 11) is 0. The number of aromatic nitrogens is 4. The second-order valence-electron chi connectivity index (χ2n) is 5.99. The lowest BCUT2D eigenvalue weighted by atomic mass is 10.1. The third-order valence-electron chi connectivity index (χ3n) is 4.25. The lowest BCUT2D eigenvalue weighted by molar-refractivity contribution is 0.628. The molecule has 0 saturated carbocycles. The summed E-state index contributed by atoms with van der Waals surface area (Å²) in [6, 6.07) is 10.2. The first-order valence-electron chi connectivity index (χ1n) is 8.10. The molecule has 26 heavy (non-hydrogen) atoms. The molecule has 0 fully saturated rings. The molecule has 0 amide bonds. The number of nitrogens with zero attached hydrogens (tertiary/aromatic N) is 5. The van der Waals surface area contributed by atoms with Crippen molar-refractivity contribution in [2.75, 3.05) is 10.4 Å². The first-order chi connectivity index (χ1) is 12.8. The van der Waals surface area contributed by atoms with Gasteiger partial charge in [0.2, 0.25) is 0 Å². The molecule has 1 aliphatic heterocycles. The Morgan fingerprint density at radius 2 is 1.92 bits per heavy atom. The number of hydrogen-bond donors (Lipinski definition) is 2. The van der Waals surface area contributed by atoms with Gasteiger partial charge in [0.15, 0.2) is 11.6 Å². The largest absolute Gasteiger partial charge is 0.307 e. The van der Waals surface area contributed by atoms with Crippen LogP contribution in [0.25, 0.3) is 16.9 Å². The van der Waals surface area contributed by atoms with Gasteiger partial charge in [-0.3, -0.25) is 10.4 Å². The van der Waals surface area contributed by atoms with E-state index in [4.69, 9.17) is 0 Å². The number of hydrogen-bond acceptors (Lipinski definition) is 6. The van der Waals surface area contributed by atoms with Crippen LogP contribution in [-0.4, -0.2) is 19.4 Å². The van der Waals surface area contributed by atoms with Crippen LogP contribution in [0.3, 0.4) is 0 Å². The number of rotatable bonds is 3. The molecule has 0 aliphatic carbocycles. The topological polar surface area (TPSA) is 70.4 Å². The van der Waals surface area contributed by atoms with Gasteiger partial charge in [0.25, 0.3) is 0 Å². The molecule has 4 heterocycles. The Morgan fingerprint density at radius 1 is 1.04 bits per heavy atom. The first kappa shape index (κ1) is 14.8. The van der Waals surface area contributed by atoms with Crippen LogP contribution in [0.1, 0.15) is 5.56 Å². The third-order valence-corrected chi connectivity index (χ3v) is 4.25. The first-order valence-corrected chi connectivity index (χ1v) is 8.10. The van der Waals surface area contributed by atoms with Gasteiger partial charge >= 0.3 is 0 Å². The van der Waals surface area contributed by atoms with E-state index in [-0.39, 0.29) is 5.82 Å². The maximum Gasteiger partial charge on any atom is 0.190 e. The monoisotopic (exact) mass is 347 g/mol. The third kappa shape index (κ3) is 2.52. The Hall–Kier alpha value is -3.52. The quantitative estimate of drug-likeness (QED) is 0.594. The zero-order valence-corrected chi connectivity index (χ0v) is 13.6. The van der Waals surface area contributed by atoms with Crippen molar-refractivity contribution >= 4 is 17.3 Å². The average Bonchev–Trinajstić information content (AvgIpc) is 3.29. The van der Waals surface area contributed by atoms with Gasteiger partial charge in [-0.1, -0.05) is 6.07 Å². The molecule has 0 unspecified atom stereocenters. The van der Waals surface area contributed by atoms with Crippen molar-refractivity contribution in [1.29, 1.82) is 0 Å². The van der Waals surface area contributed by atoms with Crippen molar-refractivity contribution in [3.63, 3.8) is 0 Å². The highest BCUT2D eigenvalue weighted by Gasteiger charge is 2.22. The second kappa shape index (κ2) is 5.78. The van der Waals surface area contributed by atoms with E-state index in [1.54, 1.807) is 24.5 Å². The number of benzene rings is 1. The molecule has 0 bridgehead atoms. The summed E-state index contributed by atoms with van der Waals surface area (Å²) in [5, 5.41) is 1.88. The van der Waals surface area contributed by atoms with E-state index in [1.807, 2.05) is 33.9 Å². The molecule has 8 heteroatoms. The fourth-order valence-electron chi connectivity index (χ4n) is 2.95. The summed E-state index contributed by atoms with van der Waals surface area (Å²) < 4.78 is 15.1. The molecule has 1 aromatic carbocycles. The van der Waals surface area contributed by atoms with E-state index in [2.05, 4.69) is 25.9 Å². The zero-order valence-electron chi connectivity index (χ0n) is 13.6. The highest BCUT2D eigenvalue weighted by Crippen LogP contribution is 2.29. The molecule has 3 aromatic heterocycles. The molecule has 0 saturated heterocycles. The smallest absolute Gasteiger partial charge is 0.190 e. The number of imidazole rings is 1. The van der Waals surface area contributed by atoms with Gasteiger partial charge in [0.05, 0.1) is 18.4 Å². The molecule has 7 nitrogen and oxygen atoms in total. The van der Waals surface area contributed by atoms with Crippen molar-refractivity contribution in [1.82, 2.24) is 24.9 Å². The van der Waals surface area contributed by atoms with Crippen LogP contribution in [0, 0.1) is 5.82 Å². The average molecular weight is 347 g/mol. The van der Waals surface area contributed by atoms with E-state index >= 15 is 0 Å². The maximum atomic E-state index is 13.1. The minimum Gasteiger partial charge on any atom is -0.307 e. The minimum absolute atomic E-state index is 0.275. The predicted molar refractivity (Wildman–Crippen MR) is 95.6 cm³/mol. The van der Waals surface area contributed by atoms with Crippen molar-refractivity contribution < 1.29 is 4.39 Å². The van der Waals surface area contributed by atoms with Crippen LogP contribution in [0.2, 0.25) is 0 Å². The molecule has 2 N–H and O–H groups in total. The van der Waals surface area contributed by atoms with Gasteiger partial charge in [0.1, 0.15) is 11.5 Å². The molecule has 0 radical (unpaired) electrons. The molecular formula is C18H14FN7. The Labute approximate surface area is 148 Å². The maximum absolute atomic E-state index is 13.1. The van der Waals surface area contributed by atoms with Crippen molar-refractivity contribution in [2.45, 2.75) is 6.54 Å². The standard InChI is InChI=1S/C18H14FN7/c19-14-4-2-13(3-5-14)15-9-21-17-18(22-15)26(24-23-17)11-12-1-6-16-20-7-8-25(16)10-12/h1-10,24H,11H2,(H,21,23). The number of anilines is 2. The Kier molecular flexibility index (Phi) is 3.29. The summed E-state index contributed by atoms with van der Waals surface area (Å²) in [5.74, 6) is 1.07. The highest BCUT2D eigenvalue weighted by atomic mass is 19.1. The summed E-state index contributed by atoms with van der Waals surface area (Å²) in [6.07, 6.45) is 7.38. The number of fused-ring (bicyclic) bond motifs is 2. The van der Waals surface area contributed by atoms with E-state index in [0.29, 0.717) is 23.9 Å². The normalized spacial score (nSPS) is 13.0. The summed E-state index contributed by atoms with van der Waals surface area (Å²) >= 11 is 0. The van der Waals surface area contributed by atoms with Gasteiger partial charge in [-0.25, -0.2) is 19.3 Å². The number of hydrazine groups is 2. The Bertz CT molecular complexity index is 1090. The van der Waals surface area contributed by atoms with E-state index in [0.717, 1.165) is 16.8 Å². The molecule has 4 aromatic rings. The van der Waals surface area contributed by atoms with Crippen LogP contribution in [0.4, 0.5) is 16.0 Å². The number of pyridine rings is 1. The highest BCUT2D eigenvalue weighted by molar-refractivity contribution is 5.69. The van der Waals surface area contributed by atoms with Gasteiger partial charge in [-0.05, 0) is 35.9 Å². The lowest BCUT2D eigenvalue weighted by Crippen LogP contribution is -2.35. The zero-order chi connectivity index (χ0) is 17.5. The van der Waals surface area contributed by atoms with Gasteiger partial charge < -0.3 is 4.40 Å². The summed E-state index contributed by atoms with van der Waals surface area (Å²) in [6.45, 7) is 0.593. The molecule has 0 atom stereocenters. The Morgan fingerprint density at radius 3 is 2.81 bits per heavy atom. The van der Waals surface area contributed by atoms with Crippen molar-refractivity contribution in [3.8, 4) is 11.3 Å². The molecule has 1 aliphatic rings. The number of halogens is 1. The van der Waals surface area contributed by atoms with E-state index in [9.17, 15) is 4.39 Å². The van der Waals surface area contributed by atoms with Crippen LogP contribution in [0.5, 0.6) is 0 Å². The second-order valence-corrected chi connectivity index (χ2v) is 5.99. The van der Waals surface area contributed by atoms with Crippen LogP contribution in [-0.2, 0) is 6.54 Å². The summed E-state index contributed by atoms with van der Waals surface area (Å²) in [5.41, 5.74) is 9.58.